The molecule has 0 amide bonds. The highest BCUT2D eigenvalue weighted by molar-refractivity contribution is 5.91. The summed E-state index contributed by atoms with van der Waals surface area (Å²) < 4.78 is 6.44. The van der Waals surface area contributed by atoms with Crippen molar-refractivity contribution in [2.24, 2.45) is 0 Å². The Bertz CT molecular complexity index is 855. The molecule has 0 aliphatic heterocycles. The number of para-hydroxylation sites is 2. The third-order valence-electron chi connectivity index (χ3n) is 3.93. The number of rotatable bonds is 1. The zero-order valence-corrected chi connectivity index (χ0v) is 13.8. The van der Waals surface area contributed by atoms with Gasteiger partial charge in [0.15, 0.2) is 5.82 Å². The van der Waals surface area contributed by atoms with E-state index >= 15 is 0 Å². The van der Waals surface area contributed by atoms with Gasteiger partial charge in [0, 0.05) is 5.56 Å². The van der Waals surface area contributed by atoms with Crippen molar-refractivity contribution in [3.63, 3.8) is 0 Å². The van der Waals surface area contributed by atoms with Gasteiger partial charge in [-0.1, -0.05) is 57.2 Å². The number of aromatic nitrogens is 2. The first-order valence-electron chi connectivity index (χ1n) is 7.58. The van der Waals surface area contributed by atoms with E-state index < -0.39 is 6.09 Å². The smallest absolute Gasteiger partial charge is 0.419 e. The van der Waals surface area contributed by atoms with Gasteiger partial charge < -0.3 is 4.74 Å². The first-order valence-corrected chi connectivity index (χ1v) is 7.58. The Balaban J connectivity index is 2.17. The first kappa shape index (κ1) is 15.3. The SMILES string of the molecule is COC(=O)n1c(-c2ccc(C(C)(C)C)cc2)nc2ccccc21. The monoisotopic (exact) mass is 308 g/mol. The molecular weight excluding hydrogens is 288 g/mol. The van der Waals surface area contributed by atoms with Crippen molar-refractivity contribution in [1.29, 1.82) is 0 Å². The molecule has 118 valence electrons. The lowest BCUT2D eigenvalue weighted by Crippen LogP contribution is -2.13. The molecule has 0 saturated carbocycles. The Morgan fingerprint density at radius 1 is 1.04 bits per heavy atom. The molecule has 4 heteroatoms. The van der Waals surface area contributed by atoms with E-state index in [0.29, 0.717) is 5.82 Å². The van der Waals surface area contributed by atoms with Crippen molar-refractivity contribution < 1.29 is 9.53 Å². The lowest BCUT2D eigenvalue weighted by atomic mass is 9.87. The second kappa shape index (κ2) is 5.54. The van der Waals surface area contributed by atoms with Crippen LogP contribution in [0.2, 0.25) is 0 Å². The molecule has 2 aromatic carbocycles. The largest absolute Gasteiger partial charge is 0.452 e. The minimum Gasteiger partial charge on any atom is -0.452 e. The van der Waals surface area contributed by atoms with Crippen molar-refractivity contribution in [2.75, 3.05) is 7.11 Å². The normalized spacial score (nSPS) is 11.7. The molecule has 0 atom stereocenters. The molecule has 0 aliphatic carbocycles. The Morgan fingerprint density at radius 2 is 1.70 bits per heavy atom. The zero-order chi connectivity index (χ0) is 16.6. The van der Waals surface area contributed by atoms with Crippen LogP contribution in [0.5, 0.6) is 0 Å². The summed E-state index contributed by atoms with van der Waals surface area (Å²) in [5.74, 6) is 0.596. The number of hydrogen-bond acceptors (Lipinski definition) is 3. The van der Waals surface area contributed by atoms with E-state index in [1.165, 1.54) is 17.2 Å². The fourth-order valence-electron chi connectivity index (χ4n) is 2.62. The van der Waals surface area contributed by atoms with Crippen LogP contribution in [0.4, 0.5) is 4.79 Å². The number of carbonyl (C=O) groups is 1. The van der Waals surface area contributed by atoms with Gasteiger partial charge in [0.25, 0.3) is 0 Å². The van der Waals surface area contributed by atoms with Crippen molar-refractivity contribution in [1.82, 2.24) is 9.55 Å². The number of methoxy groups -OCH3 is 1. The summed E-state index contributed by atoms with van der Waals surface area (Å²) in [5, 5.41) is 0. The molecule has 0 N–H and O–H groups in total. The highest BCUT2D eigenvalue weighted by atomic mass is 16.5. The predicted molar refractivity (Wildman–Crippen MR) is 91.7 cm³/mol. The van der Waals surface area contributed by atoms with Gasteiger partial charge in [0.1, 0.15) is 0 Å². The maximum atomic E-state index is 12.2. The molecule has 0 unspecified atom stereocenters. The van der Waals surface area contributed by atoms with Crippen LogP contribution < -0.4 is 0 Å². The van der Waals surface area contributed by atoms with Crippen molar-refractivity contribution >= 4 is 17.1 Å². The highest BCUT2D eigenvalue weighted by Gasteiger charge is 2.19. The quantitative estimate of drug-likeness (QED) is 0.659. The lowest BCUT2D eigenvalue weighted by molar-refractivity contribution is 0.174. The molecule has 4 nitrogen and oxygen atoms in total. The van der Waals surface area contributed by atoms with Gasteiger partial charge in [0.05, 0.1) is 18.1 Å². The van der Waals surface area contributed by atoms with Gasteiger partial charge >= 0.3 is 6.09 Å². The van der Waals surface area contributed by atoms with E-state index in [1.54, 1.807) is 0 Å². The second-order valence-electron chi connectivity index (χ2n) is 6.56. The van der Waals surface area contributed by atoms with Crippen LogP contribution in [0, 0.1) is 0 Å². The summed E-state index contributed by atoms with van der Waals surface area (Å²) in [4.78, 5) is 16.8. The molecule has 0 spiro atoms. The van der Waals surface area contributed by atoms with Crippen molar-refractivity contribution in [2.45, 2.75) is 26.2 Å². The number of benzene rings is 2. The molecular formula is C19H20N2O2. The Hall–Kier alpha value is -2.62. The molecule has 1 heterocycles. The average molecular weight is 308 g/mol. The lowest BCUT2D eigenvalue weighted by Gasteiger charge is -2.19. The topological polar surface area (TPSA) is 44.1 Å². The number of hydrogen-bond donors (Lipinski definition) is 0. The fraction of sp³-hybridized carbons (Fsp3) is 0.263. The summed E-state index contributed by atoms with van der Waals surface area (Å²) in [5.41, 5.74) is 3.73. The van der Waals surface area contributed by atoms with Crippen LogP contribution in [0.1, 0.15) is 26.3 Å². The first-order chi connectivity index (χ1) is 10.9. The molecule has 3 rings (SSSR count). The maximum absolute atomic E-state index is 12.2. The van der Waals surface area contributed by atoms with Gasteiger partial charge in [-0.05, 0) is 23.1 Å². The van der Waals surface area contributed by atoms with Crippen LogP contribution in [0.15, 0.2) is 48.5 Å². The Labute approximate surface area is 135 Å². The Kier molecular flexibility index (Phi) is 3.68. The number of imidazole rings is 1. The molecule has 23 heavy (non-hydrogen) atoms. The molecule has 3 aromatic rings. The predicted octanol–water partition coefficient (Wildman–Crippen LogP) is 4.62. The Morgan fingerprint density at radius 3 is 2.30 bits per heavy atom. The van der Waals surface area contributed by atoms with Gasteiger partial charge in [-0.2, -0.15) is 0 Å². The van der Waals surface area contributed by atoms with E-state index in [9.17, 15) is 4.79 Å². The summed E-state index contributed by atoms with van der Waals surface area (Å²) in [6.45, 7) is 6.52. The van der Waals surface area contributed by atoms with Crippen LogP contribution in [-0.4, -0.2) is 22.8 Å². The van der Waals surface area contributed by atoms with Crippen LogP contribution >= 0.6 is 0 Å². The number of ether oxygens (including phenoxy) is 1. The number of fused-ring (bicyclic) bond motifs is 1. The van der Waals surface area contributed by atoms with E-state index in [0.717, 1.165) is 16.6 Å². The summed E-state index contributed by atoms with van der Waals surface area (Å²) in [7, 11) is 1.38. The van der Waals surface area contributed by atoms with Crippen LogP contribution in [-0.2, 0) is 10.2 Å². The van der Waals surface area contributed by atoms with Gasteiger partial charge in [-0.25, -0.2) is 14.3 Å². The molecule has 0 bridgehead atoms. The van der Waals surface area contributed by atoms with Gasteiger partial charge in [-0.15, -0.1) is 0 Å². The van der Waals surface area contributed by atoms with E-state index in [1.807, 2.05) is 36.4 Å². The number of carbonyl (C=O) groups excluding carboxylic acids is 1. The molecule has 0 fully saturated rings. The zero-order valence-electron chi connectivity index (χ0n) is 13.8. The molecule has 0 radical (unpaired) electrons. The molecule has 0 saturated heterocycles. The maximum Gasteiger partial charge on any atom is 0.419 e. The van der Waals surface area contributed by atoms with Gasteiger partial charge in [0.2, 0.25) is 0 Å². The van der Waals surface area contributed by atoms with Crippen molar-refractivity contribution in [3.8, 4) is 11.4 Å². The van der Waals surface area contributed by atoms with E-state index in [2.05, 4.69) is 37.9 Å². The summed E-state index contributed by atoms with van der Waals surface area (Å²) in [6.07, 6.45) is -0.436. The standard InChI is InChI=1S/C19H20N2O2/c1-19(2,3)14-11-9-13(10-12-14)17-20-15-7-5-6-8-16(15)21(17)18(22)23-4/h5-12H,1-4H3. The molecule has 1 aromatic heterocycles. The minimum atomic E-state index is -0.436. The van der Waals surface area contributed by atoms with Crippen LogP contribution in [0.3, 0.4) is 0 Å². The van der Waals surface area contributed by atoms with Crippen molar-refractivity contribution in [3.05, 3.63) is 54.1 Å². The van der Waals surface area contributed by atoms with Gasteiger partial charge in [-0.3, -0.25) is 0 Å². The number of nitrogens with zero attached hydrogens (tertiary/aromatic N) is 2. The van der Waals surface area contributed by atoms with Crippen LogP contribution in [0.25, 0.3) is 22.4 Å². The summed E-state index contributed by atoms with van der Waals surface area (Å²) in [6, 6.07) is 15.7. The summed E-state index contributed by atoms with van der Waals surface area (Å²) >= 11 is 0. The highest BCUT2D eigenvalue weighted by Crippen LogP contribution is 2.28. The average Bonchev–Trinajstić information content (AvgIpc) is 2.93. The minimum absolute atomic E-state index is 0.0843. The fourth-order valence-corrected chi connectivity index (χ4v) is 2.62. The third-order valence-corrected chi connectivity index (χ3v) is 3.93. The third kappa shape index (κ3) is 2.72. The van der Waals surface area contributed by atoms with E-state index in [4.69, 9.17) is 4.74 Å². The second-order valence-corrected chi connectivity index (χ2v) is 6.56. The van der Waals surface area contributed by atoms with E-state index in [-0.39, 0.29) is 5.41 Å². The molecule has 0 aliphatic rings.